The van der Waals surface area contributed by atoms with Gasteiger partial charge >= 0.3 is 5.63 Å². The van der Waals surface area contributed by atoms with Gasteiger partial charge in [0, 0.05) is 41.6 Å². The van der Waals surface area contributed by atoms with Gasteiger partial charge in [-0.15, -0.1) is 0 Å². The van der Waals surface area contributed by atoms with E-state index in [9.17, 15) is 4.79 Å². The van der Waals surface area contributed by atoms with E-state index in [1.807, 2.05) is 18.2 Å². The lowest BCUT2D eigenvalue weighted by atomic mass is 9.86. The molecule has 2 aromatic heterocycles. The average molecular weight is 389 g/mol. The molecule has 1 aliphatic rings. The minimum absolute atomic E-state index is 0.0710. The highest BCUT2D eigenvalue weighted by molar-refractivity contribution is 5.93. The summed E-state index contributed by atoms with van der Waals surface area (Å²) in [5.74, 6) is 0. The van der Waals surface area contributed by atoms with Gasteiger partial charge in [-0.2, -0.15) is 0 Å². The first-order valence-corrected chi connectivity index (χ1v) is 10.5. The Balaban J connectivity index is 1.93. The molecule has 0 bridgehead atoms. The Morgan fingerprint density at radius 1 is 1.07 bits per heavy atom. The average Bonchev–Trinajstić information content (AvgIpc) is 2.71. The lowest BCUT2D eigenvalue weighted by Crippen LogP contribution is -2.45. The molecule has 0 spiro atoms. The SMILES string of the molecule is CCCCN1c2cc3oc(=O)c(-c4ccncc4)cc3cc2C(CC)=CC1(C)C. The van der Waals surface area contributed by atoms with E-state index < -0.39 is 0 Å². The molecule has 0 saturated heterocycles. The zero-order valence-corrected chi connectivity index (χ0v) is 17.7. The lowest BCUT2D eigenvalue weighted by molar-refractivity contribution is 0.537. The molecule has 150 valence electrons. The maximum Gasteiger partial charge on any atom is 0.344 e. The van der Waals surface area contributed by atoms with E-state index in [0.29, 0.717) is 11.1 Å². The van der Waals surface area contributed by atoms with E-state index in [1.165, 1.54) is 11.1 Å². The number of pyridine rings is 1. The minimum atomic E-state index is -0.315. The molecule has 0 radical (unpaired) electrons. The van der Waals surface area contributed by atoms with Gasteiger partial charge in [-0.05, 0) is 62.1 Å². The van der Waals surface area contributed by atoms with Crippen LogP contribution in [0.1, 0.15) is 52.5 Å². The van der Waals surface area contributed by atoms with Gasteiger partial charge in [-0.3, -0.25) is 4.98 Å². The molecule has 0 unspecified atom stereocenters. The van der Waals surface area contributed by atoms with Crippen LogP contribution in [0.15, 0.2) is 58.0 Å². The van der Waals surface area contributed by atoms with Crippen molar-refractivity contribution in [2.45, 2.75) is 52.5 Å². The fourth-order valence-corrected chi connectivity index (χ4v) is 4.28. The zero-order valence-electron chi connectivity index (χ0n) is 17.7. The van der Waals surface area contributed by atoms with E-state index in [0.717, 1.165) is 42.4 Å². The molecular weight excluding hydrogens is 360 g/mol. The molecule has 4 nitrogen and oxygen atoms in total. The number of nitrogens with zero attached hydrogens (tertiary/aromatic N) is 2. The third kappa shape index (κ3) is 3.48. The largest absolute Gasteiger partial charge is 0.422 e. The van der Waals surface area contributed by atoms with Crippen molar-refractivity contribution in [1.82, 2.24) is 4.98 Å². The number of rotatable bonds is 5. The highest BCUT2D eigenvalue weighted by Crippen LogP contribution is 2.42. The van der Waals surface area contributed by atoms with Crippen LogP contribution in [0.3, 0.4) is 0 Å². The van der Waals surface area contributed by atoms with Crippen molar-refractivity contribution in [2.24, 2.45) is 0 Å². The number of fused-ring (bicyclic) bond motifs is 2. The Kier molecular flexibility index (Phi) is 5.03. The van der Waals surface area contributed by atoms with E-state index in [1.54, 1.807) is 12.4 Å². The molecule has 1 aliphatic heterocycles. The third-order valence-electron chi connectivity index (χ3n) is 5.82. The summed E-state index contributed by atoms with van der Waals surface area (Å²) < 4.78 is 5.78. The first-order valence-electron chi connectivity index (χ1n) is 10.5. The molecule has 1 aromatic carbocycles. The maximum absolute atomic E-state index is 12.7. The first-order chi connectivity index (χ1) is 13.9. The first kappa shape index (κ1) is 19.4. The van der Waals surface area contributed by atoms with E-state index in [-0.39, 0.29) is 11.2 Å². The van der Waals surface area contributed by atoms with Crippen LogP contribution in [0, 0.1) is 0 Å². The fourth-order valence-electron chi connectivity index (χ4n) is 4.28. The lowest BCUT2D eigenvalue weighted by Gasteiger charge is -2.44. The van der Waals surface area contributed by atoms with Gasteiger partial charge in [0.1, 0.15) is 5.58 Å². The predicted molar refractivity (Wildman–Crippen MR) is 120 cm³/mol. The molecule has 29 heavy (non-hydrogen) atoms. The number of hydrogen-bond donors (Lipinski definition) is 0. The molecule has 0 amide bonds. The van der Waals surface area contributed by atoms with Crippen molar-refractivity contribution >= 4 is 22.2 Å². The molecule has 0 atom stereocenters. The second-order valence-corrected chi connectivity index (χ2v) is 8.27. The summed E-state index contributed by atoms with van der Waals surface area (Å²) in [6, 6.07) is 9.86. The fraction of sp³-hybridized carbons (Fsp3) is 0.360. The van der Waals surface area contributed by atoms with Crippen molar-refractivity contribution in [3.8, 4) is 11.1 Å². The number of allylic oxidation sites excluding steroid dienone is 1. The van der Waals surface area contributed by atoms with Gasteiger partial charge in [0.15, 0.2) is 0 Å². The molecule has 4 heteroatoms. The van der Waals surface area contributed by atoms with Crippen LogP contribution in [0.5, 0.6) is 0 Å². The Morgan fingerprint density at radius 3 is 2.48 bits per heavy atom. The van der Waals surface area contributed by atoms with Gasteiger partial charge in [-0.1, -0.05) is 26.3 Å². The predicted octanol–water partition coefficient (Wildman–Crippen LogP) is 6.05. The standard InChI is InChI=1S/C25H28N2O2/c1-5-7-12-27-22-15-23-19(13-20(22)17(6-2)16-25(27,3)4)14-21(24(28)29-23)18-8-10-26-11-9-18/h8-11,13-16H,5-7,12H2,1-4H3. The molecule has 0 saturated carbocycles. The summed E-state index contributed by atoms with van der Waals surface area (Å²) in [6.07, 6.45) is 9.01. The Labute approximate surface area is 171 Å². The van der Waals surface area contributed by atoms with Gasteiger partial charge in [0.05, 0.1) is 11.1 Å². The van der Waals surface area contributed by atoms with Crippen LogP contribution in [0.2, 0.25) is 0 Å². The van der Waals surface area contributed by atoms with E-state index in [4.69, 9.17) is 4.42 Å². The van der Waals surface area contributed by atoms with Crippen LogP contribution in [-0.4, -0.2) is 17.1 Å². The van der Waals surface area contributed by atoms with Crippen molar-refractivity contribution in [1.29, 1.82) is 0 Å². The van der Waals surface area contributed by atoms with Crippen molar-refractivity contribution < 1.29 is 4.42 Å². The molecule has 3 aromatic rings. The topological polar surface area (TPSA) is 46.3 Å². The van der Waals surface area contributed by atoms with Crippen LogP contribution < -0.4 is 10.5 Å². The number of unbranched alkanes of at least 4 members (excludes halogenated alkanes) is 1. The Bertz CT molecular complexity index is 1130. The van der Waals surface area contributed by atoms with Gasteiger partial charge in [-0.25, -0.2) is 4.79 Å². The van der Waals surface area contributed by atoms with Crippen LogP contribution in [-0.2, 0) is 0 Å². The molecule has 3 heterocycles. The van der Waals surface area contributed by atoms with Crippen LogP contribution >= 0.6 is 0 Å². The summed E-state index contributed by atoms with van der Waals surface area (Å²) in [5, 5.41) is 0.949. The Morgan fingerprint density at radius 2 is 1.79 bits per heavy atom. The normalized spacial score (nSPS) is 15.3. The van der Waals surface area contributed by atoms with Crippen molar-refractivity contribution in [3.05, 3.63) is 64.8 Å². The summed E-state index contributed by atoms with van der Waals surface area (Å²) >= 11 is 0. The maximum atomic E-state index is 12.7. The highest BCUT2D eigenvalue weighted by Gasteiger charge is 2.32. The Hall–Kier alpha value is -2.88. The summed E-state index contributed by atoms with van der Waals surface area (Å²) in [6.45, 7) is 9.91. The number of aromatic nitrogens is 1. The minimum Gasteiger partial charge on any atom is -0.422 e. The van der Waals surface area contributed by atoms with Gasteiger partial charge < -0.3 is 9.32 Å². The smallest absolute Gasteiger partial charge is 0.344 e. The quantitative estimate of drug-likeness (QED) is 0.499. The summed E-state index contributed by atoms with van der Waals surface area (Å²) in [5.41, 5.74) is 5.40. The van der Waals surface area contributed by atoms with E-state index >= 15 is 0 Å². The van der Waals surface area contributed by atoms with Gasteiger partial charge in [0.25, 0.3) is 0 Å². The summed E-state index contributed by atoms with van der Waals surface area (Å²) in [4.78, 5) is 19.2. The number of anilines is 1. The molecule has 0 N–H and O–H groups in total. The van der Waals surface area contributed by atoms with Gasteiger partial charge in [0.2, 0.25) is 0 Å². The summed E-state index contributed by atoms with van der Waals surface area (Å²) in [7, 11) is 0. The highest BCUT2D eigenvalue weighted by atomic mass is 16.4. The van der Waals surface area contributed by atoms with Crippen molar-refractivity contribution in [2.75, 3.05) is 11.4 Å². The second kappa shape index (κ2) is 7.51. The van der Waals surface area contributed by atoms with Crippen LogP contribution in [0.4, 0.5) is 5.69 Å². The molecule has 0 aliphatic carbocycles. The monoisotopic (exact) mass is 388 g/mol. The zero-order chi connectivity index (χ0) is 20.6. The number of benzene rings is 1. The van der Waals surface area contributed by atoms with E-state index in [2.05, 4.69) is 55.8 Å². The van der Waals surface area contributed by atoms with Crippen molar-refractivity contribution in [3.63, 3.8) is 0 Å². The molecule has 0 fully saturated rings. The molecule has 4 rings (SSSR count). The molecular formula is C25H28N2O2. The second-order valence-electron chi connectivity index (χ2n) is 8.27. The number of hydrogen-bond acceptors (Lipinski definition) is 4. The van der Waals surface area contributed by atoms with Crippen LogP contribution in [0.25, 0.3) is 27.7 Å². The third-order valence-corrected chi connectivity index (χ3v) is 5.82.